The van der Waals surface area contributed by atoms with Gasteiger partial charge in [-0.3, -0.25) is 0 Å². The number of aromatic nitrogens is 3. The van der Waals surface area contributed by atoms with Crippen molar-refractivity contribution in [1.82, 2.24) is 14.8 Å². The Kier molecular flexibility index (Phi) is 4.55. The Labute approximate surface area is 84.3 Å². The maximum atomic E-state index is 5.49. The van der Waals surface area contributed by atoms with Crippen LogP contribution in [0.5, 0.6) is 0 Å². The van der Waals surface area contributed by atoms with Crippen LogP contribution in [0.25, 0.3) is 0 Å². The Balaban J connectivity index is 2.24. The molecule has 2 N–H and O–H groups in total. The average Bonchev–Trinajstić information content (AvgIpc) is 2.59. The minimum atomic E-state index is 0.296. The summed E-state index contributed by atoms with van der Waals surface area (Å²) in [5.41, 5.74) is 5.49. The van der Waals surface area contributed by atoms with E-state index < -0.39 is 0 Å². The van der Waals surface area contributed by atoms with E-state index in [1.807, 2.05) is 18.4 Å². The highest BCUT2D eigenvalue weighted by Crippen LogP contribution is 1.97. The summed E-state index contributed by atoms with van der Waals surface area (Å²) in [6, 6.07) is 0. The topological polar surface area (TPSA) is 66.0 Å². The summed E-state index contributed by atoms with van der Waals surface area (Å²) in [5, 5.41) is 7.69. The Bertz CT molecular complexity index is 259. The fourth-order valence-corrected chi connectivity index (χ4v) is 1.18. The van der Waals surface area contributed by atoms with E-state index in [0.29, 0.717) is 12.6 Å². The summed E-state index contributed by atoms with van der Waals surface area (Å²) in [7, 11) is 0. The molecule has 0 saturated carbocycles. The molecule has 0 atom stereocenters. The van der Waals surface area contributed by atoms with E-state index in [0.717, 1.165) is 25.4 Å². The third-order valence-electron chi connectivity index (χ3n) is 1.87. The van der Waals surface area contributed by atoms with Crippen molar-refractivity contribution >= 4 is 0 Å². The van der Waals surface area contributed by atoms with Crippen molar-refractivity contribution in [1.29, 1.82) is 0 Å². The van der Waals surface area contributed by atoms with Gasteiger partial charge in [-0.2, -0.15) is 0 Å². The van der Waals surface area contributed by atoms with Crippen LogP contribution in [-0.2, 0) is 17.8 Å². The first-order valence-corrected chi connectivity index (χ1v) is 4.92. The molecule has 0 aliphatic carbocycles. The molecule has 0 spiro atoms. The molecular weight excluding hydrogens is 180 g/mol. The van der Waals surface area contributed by atoms with Gasteiger partial charge in [-0.15, -0.1) is 10.2 Å². The average molecular weight is 198 g/mol. The number of hydrogen-bond donors (Lipinski definition) is 1. The van der Waals surface area contributed by atoms with Crippen LogP contribution < -0.4 is 5.73 Å². The van der Waals surface area contributed by atoms with Gasteiger partial charge in [-0.1, -0.05) is 0 Å². The first-order chi connectivity index (χ1) is 6.74. The Morgan fingerprint density at radius 1 is 1.57 bits per heavy atom. The van der Waals surface area contributed by atoms with Gasteiger partial charge in [0.25, 0.3) is 0 Å². The molecule has 0 fully saturated rings. The maximum absolute atomic E-state index is 5.49. The highest BCUT2D eigenvalue weighted by atomic mass is 16.5. The smallest absolute Gasteiger partial charge is 0.146 e. The molecule has 0 aliphatic heterocycles. The number of nitrogens with two attached hydrogens (primary N) is 1. The molecule has 1 heterocycles. The summed E-state index contributed by atoms with van der Waals surface area (Å²) < 4.78 is 7.39. The molecule has 14 heavy (non-hydrogen) atoms. The summed E-state index contributed by atoms with van der Waals surface area (Å²) in [6.07, 6.45) is 2.96. The first-order valence-electron chi connectivity index (χ1n) is 4.92. The normalized spacial score (nSPS) is 11.1. The van der Waals surface area contributed by atoms with Gasteiger partial charge in [-0.05, 0) is 20.3 Å². The van der Waals surface area contributed by atoms with Crippen LogP contribution >= 0.6 is 0 Å². The molecule has 0 aliphatic rings. The quantitative estimate of drug-likeness (QED) is 0.678. The fraction of sp³-hybridized carbons (Fsp3) is 0.778. The molecule has 0 unspecified atom stereocenters. The van der Waals surface area contributed by atoms with Gasteiger partial charge in [0, 0.05) is 13.2 Å². The molecule has 0 bridgehead atoms. The van der Waals surface area contributed by atoms with Gasteiger partial charge in [0.1, 0.15) is 12.2 Å². The molecule has 5 nitrogen and oxygen atoms in total. The predicted octanol–water partition coefficient (Wildman–Crippen LogP) is 0.552. The Hall–Kier alpha value is -0.940. The molecule has 80 valence electrons. The molecule has 0 aromatic carbocycles. The fourth-order valence-electron chi connectivity index (χ4n) is 1.18. The zero-order chi connectivity index (χ0) is 10.4. The lowest BCUT2D eigenvalue weighted by Crippen LogP contribution is -2.11. The van der Waals surface area contributed by atoms with E-state index >= 15 is 0 Å². The van der Waals surface area contributed by atoms with Crippen molar-refractivity contribution in [3.05, 3.63) is 12.2 Å². The lowest BCUT2D eigenvalue weighted by atomic mass is 10.4. The van der Waals surface area contributed by atoms with Crippen LogP contribution in [0.1, 0.15) is 26.1 Å². The molecule has 0 amide bonds. The van der Waals surface area contributed by atoms with Crippen LogP contribution in [-0.4, -0.2) is 27.5 Å². The lowest BCUT2D eigenvalue weighted by molar-refractivity contribution is 0.0747. The van der Waals surface area contributed by atoms with Gasteiger partial charge < -0.3 is 15.0 Å². The van der Waals surface area contributed by atoms with Crippen molar-refractivity contribution < 1.29 is 4.74 Å². The molecule has 0 radical (unpaired) electrons. The van der Waals surface area contributed by atoms with Gasteiger partial charge in [-0.25, -0.2) is 0 Å². The second-order valence-electron chi connectivity index (χ2n) is 3.42. The first kappa shape index (κ1) is 11.1. The van der Waals surface area contributed by atoms with E-state index in [-0.39, 0.29) is 0 Å². The number of ether oxygens (including phenoxy) is 1. The van der Waals surface area contributed by atoms with E-state index in [4.69, 9.17) is 10.5 Å². The largest absolute Gasteiger partial charge is 0.379 e. The zero-order valence-electron chi connectivity index (χ0n) is 8.81. The number of nitrogens with zero attached hydrogens (tertiary/aromatic N) is 3. The maximum Gasteiger partial charge on any atom is 0.146 e. The molecule has 1 aromatic rings. The van der Waals surface area contributed by atoms with Crippen molar-refractivity contribution in [2.75, 3.05) is 6.61 Å². The van der Waals surface area contributed by atoms with E-state index in [9.17, 15) is 0 Å². The van der Waals surface area contributed by atoms with E-state index in [1.165, 1.54) is 0 Å². The van der Waals surface area contributed by atoms with Gasteiger partial charge >= 0.3 is 0 Å². The lowest BCUT2D eigenvalue weighted by Gasteiger charge is -2.08. The number of aryl methyl sites for hydroxylation is 1. The van der Waals surface area contributed by atoms with Crippen molar-refractivity contribution in [3.8, 4) is 0 Å². The van der Waals surface area contributed by atoms with Crippen molar-refractivity contribution in [2.45, 2.75) is 39.5 Å². The third-order valence-corrected chi connectivity index (χ3v) is 1.87. The minimum absolute atomic E-state index is 0.296. The third kappa shape index (κ3) is 3.43. The molecule has 0 saturated heterocycles. The zero-order valence-corrected chi connectivity index (χ0v) is 8.81. The van der Waals surface area contributed by atoms with E-state index in [1.54, 1.807) is 6.33 Å². The molecule has 1 aromatic heterocycles. The Morgan fingerprint density at radius 2 is 2.36 bits per heavy atom. The highest BCUT2D eigenvalue weighted by Gasteiger charge is 2.01. The van der Waals surface area contributed by atoms with Crippen LogP contribution in [0.3, 0.4) is 0 Å². The van der Waals surface area contributed by atoms with Gasteiger partial charge in [0.15, 0.2) is 0 Å². The Morgan fingerprint density at radius 3 is 3.00 bits per heavy atom. The van der Waals surface area contributed by atoms with Crippen LogP contribution in [0.15, 0.2) is 6.33 Å². The predicted molar refractivity (Wildman–Crippen MR) is 53.6 cm³/mol. The monoisotopic (exact) mass is 198 g/mol. The van der Waals surface area contributed by atoms with Gasteiger partial charge in [0.05, 0.1) is 12.6 Å². The van der Waals surface area contributed by atoms with Crippen LogP contribution in [0.4, 0.5) is 0 Å². The van der Waals surface area contributed by atoms with Crippen LogP contribution in [0, 0.1) is 0 Å². The highest BCUT2D eigenvalue weighted by molar-refractivity contribution is 4.83. The van der Waals surface area contributed by atoms with E-state index in [2.05, 4.69) is 10.2 Å². The summed E-state index contributed by atoms with van der Waals surface area (Å²) in [6.45, 7) is 6.13. The molecule has 1 rings (SSSR count). The molecular formula is C9H18N4O. The number of hydrogen-bond acceptors (Lipinski definition) is 4. The summed E-state index contributed by atoms with van der Waals surface area (Å²) >= 11 is 0. The summed E-state index contributed by atoms with van der Waals surface area (Å²) in [5.74, 6) is 0.828. The number of rotatable bonds is 6. The van der Waals surface area contributed by atoms with Gasteiger partial charge in [0.2, 0.25) is 0 Å². The second-order valence-corrected chi connectivity index (χ2v) is 3.42. The standard InChI is InChI=1S/C9H18N4O/c1-8(2)14-5-3-4-13-7-11-12-9(13)6-10/h7-8H,3-6,10H2,1-2H3. The minimum Gasteiger partial charge on any atom is -0.379 e. The van der Waals surface area contributed by atoms with Crippen LogP contribution in [0.2, 0.25) is 0 Å². The van der Waals surface area contributed by atoms with Crippen molar-refractivity contribution in [3.63, 3.8) is 0 Å². The SMILES string of the molecule is CC(C)OCCCn1cnnc1CN. The second kappa shape index (κ2) is 5.72. The van der Waals surface area contributed by atoms with Crippen molar-refractivity contribution in [2.24, 2.45) is 5.73 Å². The molecule has 5 heteroatoms. The summed E-state index contributed by atoms with van der Waals surface area (Å²) in [4.78, 5) is 0.